The summed E-state index contributed by atoms with van der Waals surface area (Å²) in [5.41, 5.74) is 5.55. The van der Waals surface area contributed by atoms with Crippen molar-refractivity contribution in [1.82, 2.24) is 15.5 Å². The number of carbonyl (C=O) groups excluding carboxylic acids is 4. The lowest BCUT2D eigenvalue weighted by Gasteiger charge is -2.35. The summed E-state index contributed by atoms with van der Waals surface area (Å²) in [5, 5.41) is 5.60. The summed E-state index contributed by atoms with van der Waals surface area (Å²) in [7, 11) is 0. The van der Waals surface area contributed by atoms with Crippen molar-refractivity contribution in [2.45, 2.75) is 104 Å². The third-order valence-corrected chi connectivity index (χ3v) is 5.79. The first-order valence-electron chi connectivity index (χ1n) is 13.3. The average molecular weight is 529 g/mol. The Hall–Kier alpha value is -3.54. The van der Waals surface area contributed by atoms with Gasteiger partial charge in [-0.25, -0.2) is 4.79 Å². The molecule has 0 saturated carbocycles. The van der Waals surface area contributed by atoms with E-state index in [0.29, 0.717) is 17.5 Å². The highest BCUT2D eigenvalue weighted by Gasteiger charge is 2.37. The third-order valence-electron chi connectivity index (χ3n) is 5.79. The summed E-state index contributed by atoms with van der Waals surface area (Å²) >= 11 is 0. The lowest BCUT2D eigenvalue weighted by Crippen LogP contribution is -2.54. The number of carbonyl (C=O) groups is 4. The van der Waals surface area contributed by atoms with Gasteiger partial charge in [-0.15, -0.1) is 6.42 Å². The minimum atomic E-state index is -1.14. The normalized spacial score (nSPS) is 13.4. The summed E-state index contributed by atoms with van der Waals surface area (Å²) in [6, 6.07) is 4.67. The molecule has 1 aromatic rings. The predicted molar refractivity (Wildman–Crippen MR) is 148 cm³/mol. The summed E-state index contributed by atoms with van der Waals surface area (Å²) in [4.78, 5) is 53.5. The summed E-state index contributed by atoms with van der Waals surface area (Å²) in [6.07, 6.45) is 7.77. The number of hydrogen-bond donors (Lipinski definition) is 3. The molecule has 0 spiro atoms. The first-order valence-corrected chi connectivity index (χ1v) is 13.3. The first-order chi connectivity index (χ1) is 17.8. The monoisotopic (exact) mass is 528 g/mol. The molecule has 0 saturated heterocycles. The van der Waals surface area contributed by atoms with Crippen LogP contribution in [0.3, 0.4) is 0 Å². The molecule has 0 fully saturated rings. The second kappa shape index (κ2) is 15.7. The fourth-order valence-corrected chi connectivity index (χ4v) is 4.03. The maximum Gasteiger partial charge on any atom is 0.408 e. The Morgan fingerprint density at radius 3 is 2.29 bits per heavy atom. The van der Waals surface area contributed by atoms with Crippen molar-refractivity contribution in [3.05, 3.63) is 35.4 Å². The molecular formula is C29H44N4O5. The van der Waals surface area contributed by atoms with Gasteiger partial charge in [0.15, 0.2) is 0 Å². The van der Waals surface area contributed by atoms with Gasteiger partial charge >= 0.3 is 6.09 Å². The van der Waals surface area contributed by atoms with E-state index < -0.39 is 35.6 Å². The summed E-state index contributed by atoms with van der Waals surface area (Å²) in [6.45, 7) is 11.2. The van der Waals surface area contributed by atoms with Crippen molar-refractivity contribution < 1.29 is 23.9 Å². The van der Waals surface area contributed by atoms with Crippen LogP contribution in [-0.4, -0.2) is 52.9 Å². The van der Waals surface area contributed by atoms with Crippen LogP contribution in [0.1, 0.15) is 97.2 Å². The second-order valence-electron chi connectivity index (χ2n) is 10.4. The maximum absolute atomic E-state index is 14.1. The fraction of sp³-hybridized carbons (Fsp3) is 0.586. The van der Waals surface area contributed by atoms with Crippen LogP contribution in [0.4, 0.5) is 4.79 Å². The van der Waals surface area contributed by atoms with Gasteiger partial charge in [0.25, 0.3) is 0 Å². The number of unbranched alkanes of at least 4 members (excludes halogenated alkanes) is 1. The smallest absolute Gasteiger partial charge is 0.408 e. The Bertz CT molecular complexity index is 995. The third kappa shape index (κ3) is 10.8. The largest absolute Gasteiger partial charge is 0.444 e. The first kappa shape index (κ1) is 32.5. The van der Waals surface area contributed by atoms with Crippen LogP contribution in [0.5, 0.6) is 0 Å². The van der Waals surface area contributed by atoms with Crippen LogP contribution in [0.25, 0.3) is 0 Å². The van der Waals surface area contributed by atoms with Crippen molar-refractivity contribution in [2.75, 3.05) is 6.54 Å². The lowest BCUT2D eigenvalue weighted by atomic mass is 9.96. The highest BCUT2D eigenvalue weighted by molar-refractivity contribution is 5.93. The molecule has 0 aliphatic carbocycles. The van der Waals surface area contributed by atoms with E-state index in [1.807, 2.05) is 20.8 Å². The predicted octanol–water partition coefficient (Wildman–Crippen LogP) is 3.80. The second-order valence-corrected chi connectivity index (χ2v) is 10.4. The molecule has 38 heavy (non-hydrogen) atoms. The Labute approximate surface area is 227 Å². The Balaban J connectivity index is 3.58. The van der Waals surface area contributed by atoms with E-state index in [4.69, 9.17) is 16.9 Å². The number of ether oxygens (including phenoxy) is 1. The lowest BCUT2D eigenvalue weighted by molar-refractivity contribution is -0.143. The topological polar surface area (TPSA) is 131 Å². The molecule has 9 heteroatoms. The number of nitrogens with two attached hydrogens (primary N) is 1. The average Bonchev–Trinajstić information content (AvgIpc) is 2.82. The number of benzene rings is 1. The molecule has 1 aromatic carbocycles. The molecule has 4 N–H and O–H groups in total. The Morgan fingerprint density at radius 2 is 1.74 bits per heavy atom. The van der Waals surface area contributed by atoms with Crippen LogP contribution in [0.2, 0.25) is 0 Å². The van der Waals surface area contributed by atoms with Gasteiger partial charge in [0.1, 0.15) is 17.7 Å². The van der Waals surface area contributed by atoms with Gasteiger partial charge in [0.05, 0.1) is 0 Å². The molecular weight excluding hydrogens is 484 g/mol. The van der Waals surface area contributed by atoms with E-state index in [9.17, 15) is 19.2 Å². The molecule has 0 bridgehead atoms. The van der Waals surface area contributed by atoms with Crippen LogP contribution in [0, 0.1) is 12.3 Å². The van der Waals surface area contributed by atoms with Crippen molar-refractivity contribution >= 4 is 23.8 Å². The highest BCUT2D eigenvalue weighted by Crippen LogP contribution is 2.27. The number of nitrogens with one attached hydrogen (secondary N) is 2. The van der Waals surface area contributed by atoms with Gasteiger partial charge in [-0.05, 0) is 58.6 Å². The number of hydrogen-bond acceptors (Lipinski definition) is 5. The van der Waals surface area contributed by atoms with E-state index in [0.717, 1.165) is 19.3 Å². The maximum atomic E-state index is 14.1. The number of nitrogens with zero attached hydrogens (tertiary/aromatic N) is 1. The Kier molecular flexibility index (Phi) is 13.4. The molecule has 1 rings (SSSR count). The van der Waals surface area contributed by atoms with Crippen molar-refractivity contribution in [2.24, 2.45) is 5.73 Å². The minimum absolute atomic E-state index is 0.0482. The van der Waals surface area contributed by atoms with E-state index in [1.54, 1.807) is 45.0 Å². The minimum Gasteiger partial charge on any atom is -0.444 e. The van der Waals surface area contributed by atoms with Gasteiger partial charge in [-0.2, -0.15) is 0 Å². The van der Waals surface area contributed by atoms with E-state index in [1.165, 1.54) is 4.90 Å². The number of primary amides is 1. The molecule has 3 unspecified atom stereocenters. The molecule has 0 heterocycles. The van der Waals surface area contributed by atoms with Crippen LogP contribution in [0.15, 0.2) is 24.3 Å². The Morgan fingerprint density at radius 1 is 1.08 bits per heavy atom. The van der Waals surface area contributed by atoms with Gasteiger partial charge in [0, 0.05) is 24.6 Å². The molecule has 0 aliphatic rings. The molecule has 0 aromatic heterocycles. The summed E-state index contributed by atoms with van der Waals surface area (Å²) < 4.78 is 5.35. The molecule has 0 radical (unpaired) electrons. The molecule has 0 aliphatic heterocycles. The van der Waals surface area contributed by atoms with Gasteiger partial charge in [0.2, 0.25) is 17.7 Å². The van der Waals surface area contributed by atoms with Crippen molar-refractivity contribution in [3.8, 4) is 12.3 Å². The van der Waals surface area contributed by atoms with Gasteiger partial charge in [-0.3, -0.25) is 14.4 Å². The summed E-state index contributed by atoms with van der Waals surface area (Å²) in [5.74, 6) is 1.10. The van der Waals surface area contributed by atoms with E-state index in [2.05, 4.69) is 16.6 Å². The number of terminal acetylenes is 1. The zero-order chi connectivity index (χ0) is 28.9. The number of rotatable bonds is 14. The SMILES string of the molecule is C#Cc1ccccc1C(C(=O)NC(C)CCC)N(CCCC)C(=O)C(CCC(N)=O)NC(=O)OC(C)(C)C. The molecule has 210 valence electrons. The van der Waals surface area contributed by atoms with E-state index >= 15 is 0 Å². The van der Waals surface area contributed by atoms with Crippen molar-refractivity contribution in [3.63, 3.8) is 0 Å². The van der Waals surface area contributed by atoms with Gasteiger partial charge in [-0.1, -0.05) is 50.8 Å². The van der Waals surface area contributed by atoms with Crippen LogP contribution >= 0.6 is 0 Å². The van der Waals surface area contributed by atoms with E-state index in [-0.39, 0.29) is 31.3 Å². The molecule has 4 amide bonds. The number of alkyl carbamates (subject to hydrolysis) is 1. The highest BCUT2D eigenvalue weighted by atomic mass is 16.6. The quantitative estimate of drug-likeness (QED) is 0.316. The van der Waals surface area contributed by atoms with Gasteiger partial charge < -0.3 is 26.0 Å². The molecule has 3 atom stereocenters. The van der Waals surface area contributed by atoms with Crippen LogP contribution in [-0.2, 0) is 19.1 Å². The molecule has 9 nitrogen and oxygen atoms in total. The van der Waals surface area contributed by atoms with Crippen molar-refractivity contribution in [1.29, 1.82) is 0 Å². The standard InChI is InChI=1S/C29H44N4O5/c1-8-11-19-33(27(36)23(17-18-24(30)34)32-28(37)38-29(5,6)7)25(26(35)31-20(4)14-9-2)22-16-13-12-15-21(22)10-3/h3,12-13,15-16,20,23,25H,8-9,11,14,17-19H2,1-2,4-7H3,(H2,30,34)(H,31,35)(H,32,37). The van der Waals surface area contributed by atoms with Crippen LogP contribution < -0.4 is 16.4 Å². The fourth-order valence-electron chi connectivity index (χ4n) is 4.03. The zero-order valence-corrected chi connectivity index (χ0v) is 23.6. The number of amides is 4. The zero-order valence-electron chi connectivity index (χ0n) is 23.6.